The molecule has 8 nitrogen and oxygen atoms in total. The quantitative estimate of drug-likeness (QED) is 0.661. The van der Waals surface area contributed by atoms with E-state index in [0.29, 0.717) is 24.1 Å². The van der Waals surface area contributed by atoms with Gasteiger partial charge in [0.1, 0.15) is 11.4 Å². The molecule has 1 amide bonds. The summed E-state index contributed by atoms with van der Waals surface area (Å²) >= 11 is 0. The van der Waals surface area contributed by atoms with Crippen LogP contribution in [-0.4, -0.2) is 44.6 Å². The molecule has 0 radical (unpaired) electrons. The van der Waals surface area contributed by atoms with Gasteiger partial charge in [-0.25, -0.2) is 9.78 Å². The predicted molar refractivity (Wildman–Crippen MR) is 92.5 cm³/mol. The minimum atomic E-state index is -0.525. The highest BCUT2D eigenvalue weighted by Crippen LogP contribution is 2.28. The van der Waals surface area contributed by atoms with Crippen LogP contribution in [0.15, 0.2) is 18.2 Å². The molecule has 1 aliphatic heterocycles. The van der Waals surface area contributed by atoms with E-state index in [1.807, 2.05) is 20.8 Å². The number of rotatable bonds is 2. The smallest absolute Gasteiger partial charge is 0.410 e. The number of amides is 1. The minimum Gasteiger partial charge on any atom is -0.444 e. The Morgan fingerprint density at radius 1 is 1.44 bits per heavy atom. The zero-order chi connectivity index (χ0) is 18.2. The first kappa shape index (κ1) is 17.2. The van der Waals surface area contributed by atoms with E-state index < -0.39 is 10.5 Å². The van der Waals surface area contributed by atoms with Gasteiger partial charge in [0.05, 0.1) is 16.0 Å². The van der Waals surface area contributed by atoms with Crippen molar-refractivity contribution in [2.24, 2.45) is 0 Å². The molecule has 2 aromatic rings. The molecule has 2 heterocycles. The van der Waals surface area contributed by atoms with Crippen LogP contribution < -0.4 is 0 Å². The second-order valence-corrected chi connectivity index (χ2v) is 7.35. The Labute approximate surface area is 145 Å². The van der Waals surface area contributed by atoms with E-state index in [1.165, 1.54) is 12.1 Å². The van der Waals surface area contributed by atoms with E-state index in [-0.39, 0.29) is 17.7 Å². The van der Waals surface area contributed by atoms with E-state index in [0.717, 1.165) is 18.7 Å². The monoisotopic (exact) mass is 346 g/mol. The fourth-order valence-electron chi connectivity index (χ4n) is 3.02. The number of nitrogens with one attached hydrogen (secondary N) is 1. The summed E-state index contributed by atoms with van der Waals surface area (Å²) in [7, 11) is 0. The highest BCUT2D eigenvalue weighted by molar-refractivity contribution is 5.78. The molecule has 1 atom stereocenters. The van der Waals surface area contributed by atoms with Gasteiger partial charge in [-0.15, -0.1) is 0 Å². The standard InChI is InChI=1S/C17H22N4O4/c1-17(2,3)25-16(22)20-8-4-5-11(10-20)15-18-13-7-6-12(21(23)24)9-14(13)19-15/h6-7,9,11H,4-5,8,10H2,1-3H3,(H,18,19). The molecule has 1 unspecified atom stereocenters. The van der Waals surface area contributed by atoms with Crippen molar-refractivity contribution in [3.8, 4) is 0 Å². The van der Waals surface area contributed by atoms with Crippen molar-refractivity contribution in [3.05, 3.63) is 34.1 Å². The van der Waals surface area contributed by atoms with Crippen molar-refractivity contribution in [1.29, 1.82) is 0 Å². The van der Waals surface area contributed by atoms with E-state index in [2.05, 4.69) is 9.97 Å². The van der Waals surface area contributed by atoms with Crippen LogP contribution in [0.1, 0.15) is 45.4 Å². The van der Waals surface area contributed by atoms with Crippen molar-refractivity contribution < 1.29 is 14.5 Å². The molecule has 1 N–H and O–H groups in total. The number of likely N-dealkylation sites (tertiary alicyclic amines) is 1. The fourth-order valence-corrected chi connectivity index (χ4v) is 3.02. The Balaban J connectivity index is 1.78. The maximum Gasteiger partial charge on any atom is 0.410 e. The Kier molecular flexibility index (Phi) is 4.36. The number of H-pyrrole nitrogens is 1. The number of hydrogen-bond donors (Lipinski definition) is 1. The number of carbonyl (C=O) groups is 1. The first-order chi connectivity index (χ1) is 11.7. The van der Waals surface area contributed by atoms with Gasteiger partial charge in [-0.1, -0.05) is 0 Å². The summed E-state index contributed by atoms with van der Waals surface area (Å²) < 4.78 is 5.44. The van der Waals surface area contributed by atoms with Gasteiger partial charge in [0.2, 0.25) is 0 Å². The Hall–Kier alpha value is -2.64. The summed E-state index contributed by atoms with van der Waals surface area (Å²) in [5.41, 5.74) is 0.831. The van der Waals surface area contributed by atoms with E-state index in [1.54, 1.807) is 11.0 Å². The lowest BCUT2D eigenvalue weighted by atomic mass is 9.98. The molecule has 1 saturated heterocycles. The number of benzene rings is 1. The van der Waals surface area contributed by atoms with Gasteiger partial charge in [0, 0.05) is 31.1 Å². The van der Waals surface area contributed by atoms with Crippen LogP contribution >= 0.6 is 0 Å². The largest absolute Gasteiger partial charge is 0.444 e. The van der Waals surface area contributed by atoms with Crippen LogP contribution in [0.4, 0.5) is 10.5 Å². The van der Waals surface area contributed by atoms with Crippen molar-refractivity contribution in [3.63, 3.8) is 0 Å². The van der Waals surface area contributed by atoms with E-state index >= 15 is 0 Å². The van der Waals surface area contributed by atoms with Crippen molar-refractivity contribution in [2.45, 2.75) is 45.1 Å². The maximum atomic E-state index is 12.3. The van der Waals surface area contributed by atoms with Gasteiger partial charge >= 0.3 is 6.09 Å². The average molecular weight is 346 g/mol. The first-order valence-corrected chi connectivity index (χ1v) is 8.35. The lowest BCUT2D eigenvalue weighted by Crippen LogP contribution is -2.42. The zero-order valence-corrected chi connectivity index (χ0v) is 14.6. The van der Waals surface area contributed by atoms with Crippen molar-refractivity contribution >= 4 is 22.8 Å². The summed E-state index contributed by atoms with van der Waals surface area (Å²) in [4.78, 5) is 32.2. The Bertz CT molecular complexity index is 809. The molecule has 0 spiro atoms. The number of nitro groups is 1. The van der Waals surface area contributed by atoms with Crippen LogP contribution in [-0.2, 0) is 4.74 Å². The summed E-state index contributed by atoms with van der Waals surface area (Å²) in [6, 6.07) is 4.57. The number of ether oxygens (including phenoxy) is 1. The first-order valence-electron chi connectivity index (χ1n) is 8.35. The van der Waals surface area contributed by atoms with Gasteiger partial charge in [0.15, 0.2) is 0 Å². The summed E-state index contributed by atoms with van der Waals surface area (Å²) in [5, 5.41) is 10.9. The molecule has 0 saturated carbocycles. The zero-order valence-electron chi connectivity index (χ0n) is 14.6. The number of nitrogens with zero attached hydrogens (tertiary/aromatic N) is 3. The molecular weight excluding hydrogens is 324 g/mol. The van der Waals surface area contributed by atoms with Gasteiger partial charge in [-0.2, -0.15) is 0 Å². The average Bonchev–Trinajstić information content (AvgIpc) is 2.96. The number of non-ortho nitro benzene ring substituents is 1. The Morgan fingerprint density at radius 2 is 2.20 bits per heavy atom. The molecule has 1 aliphatic rings. The third-order valence-electron chi connectivity index (χ3n) is 4.15. The molecule has 0 aliphatic carbocycles. The number of aromatic amines is 1. The van der Waals surface area contributed by atoms with Crippen LogP contribution in [0.25, 0.3) is 11.0 Å². The van der Waals surface area contributed by atoms with Gasteiger partial charge in [-0.3, -0.25) is 10.1 Å². The van der Waals surface area contributed by atoms with Crippen molar-refractivity contribution in [1.82, 2.24) is 14.9 Å². The number of nitro benzene ring substituents is 1. The van der Waals surface area contributed by atoms with E-state index in [4.69, 9.17) is 4.74 Å². The molecule has 134 valence electrons. The number of piperidine rings is 1. The third kappa shape index (κ3) is 3.89. The predicted octanol–water partition coefficient (Wildman–Crippen LogP) is 3.59. The van der Waals surface area contributed by atoms with Crippen LogP contribution in [0, 0.1) is 10.1 Å². The summed E-state index contributed by atoms with van der Waals surface area (Å²) in [5.74, 6) is 0.816. The third-order valence-corrected chi connectivity index (χ3v) is 4.15. The molecular formula is C17H22N4O4. The van der Waals surface area contributed by atoms with E-state index in [9.17, 15) is 14.9 Å². The molecule has 0 bridgehead atoms. The number of carbonyl (C=O) groups excluding carboxylic acids is 1. The minimum absolute atomic E-state index is 0.0294. The van der Waals surface area contributed by atoms with Crippen molar-refractivity contribution in [2.75, 3.05) is 13.1 Å². The molecule has 1 fully saturated rings. The summed E-state index contributed by atoms with van der Waals surface area (Å²) in [6.45, 7) is 6.73. The molecule has 1 aromatic heterocycles. The van der Waals surface area contributed by atoms with Gasteiger partial charge in [-0.05, 0) is 39.7 Å². The number of aromatic nitrogens is 2. The normalized spacial score (nSPS) is 18.4. The molecule has 8 heteroatoms. The maximum absolute atomic E-state index is 12.3. The topological polar surface area (TPSA) is 101 Å². The van der Waals surface area contributed by atoms with Gasteiger partial charge < -0.3 is 14.6 Å². The summed E-state index contributed by atoms with van der Waals surface area (Å²) in [6.07, 6.45) is 1.45. The van der Waals surface area contributed by atoms with Crippen LogP contribution in [0.2, 0.25) is 0 Å². The molecule has 1 aromatic carbocycles. The van der Waals surface area contributed by atoms with Gasteiger partial charge in [0.25, 0.3) is 5.69 Å². The SMILES string of the molecule is CC(C)(C)OC(=O)N1CCCC(c2nc3ccc([N+](=O)[O-])cc3[nH]2)C1. The fraction of sp³-hybridized carbons (Fsp3) is 0.529. The van der Waals surface area contributed by atoms with Crippen LogP contribution in [0.3, 0.4) is 0 Å². The number of fused-ring (bicyclic) bond motifs is 1. The molecule has 3 rings (SSSR count). The molecule has 25 heavy (non-hydrogen) atoms. The lowest BCUT2D eigenvalue weighted by Gasteiger charge is -2.33. The highest BCUT2D eigenvalue weighted by atomic mass is 16.6. The number of hydrogen-bond acceptors (Lipinski definition) is 5. The lowest BCUT2D eigenvalue weighted by molar-refractivity contribution is -0.384. The second kappa shape index (κ2) is 6.34. The van der Waals surface area contributed by atoms with Crippen LogP contribution in [0.5, 0.6) is 0 Å². The Morgan fingerprint density at radius 3 is 2.88 bits per heavy atom. The second-order valence-electron chi connectivity index (χ2n) is 7.35. The highest BCUT2D eigenvalue weighted by Gasteiger charge is 2.29. The number of imidazole rings is 1.